The molecule has 15 heavy (non-hydrogen) atoms. The van der Waals surface area contributed by atoms with Crippen LogP contribution in [-0.4, -0.2) is 43.6 Å². The maximum absolute atomic E-state index is 7.41. The topological polar surface area (TPSA) is 62.3 Å². The van der Waals surface area contributed by atoms with E-state index in [1.807, 2.05) is 0 Å². The second-order valence-corrected chi connectivity index (χ2v) is 4.40. The summed E-state index contributed by atoms with van der Waals surface area (Å²) < 4.78 is 5.08. The largest absolute Gasteiger partial charge is 0.387 e. The van der Waals surface area contributed by atoms with Crippen molar-refractivity contribution in [1.82, 2.24) is 4.90 Å². The van der Waals surface area contributed by atoms with Crippen molar-refractivity contribution in [2.24, 2.45) is 11.7 Å². The predicted octanol–water partition coefficient (Wildman–Crippen LogP) is 1.06. The van der Waals surface area contributed by atoms with Crippen LogP contribution in [0.15, 0.2) is 0 Å². The van der Waals surface area contributed by atoms with Crippen LogP contribution in [0, 0.1) is 11.3 Å². The molecule has 4 heteroatoms. The smallest absolute Gasteiger partial charge is 0.0937 e. The van der Waals surface area contributed by atoms with Crippen LogP contribution in [0.2, 0.25) is 0 Å². The Labute approximate surface area is 92.3 Å². The number of ether oxygens (including phenoxy) is 1. The fourth-order valence-electron chi connectivity index (χ4n) is 2.12. The van der Waals surface area contributed by atoms with Crippen molar-refractivity contribution in [3.05, 3.63) is 0 Å². The summed E-state index contributed by atoms with van der Waals surface area (Å²) >= 11 is 0. The molecule has 1 atom stereocenters. The van der Waals surface area contributed by atoms with Crippen LogP contribution in [0.5, 0.6) is 0 Å². The summed E-state index contributed by atoms with van der Waals surface area (Å²) in [5.74, 6) is 0.676. The molecule has 0 aromatic rings. The van der Waals surface area contributed by atoms with E-state index in [0.29, 0.717) is 17.8 Å². The van der Waals surface area contributed by atoms with Crippen molar-refractivity contribution in [3.8, 4) is 0 Å². The lowest BCUT2D eigenvalue weighted by Gasteiger charge is -2.35. The Morgan fingerprint density at radius 1 is 1.53 bits per heavy atom. The first-order valence-electron chi connectivity index (χ1n) is 5.72. The Balaban J connectivity index is 2.27. The van der Waals surface area contributed by atoms with Gasteiger partial charge in [0, 0.05) is 25.7 Å². The number of piperidine rings is 1. The Morgan fingerprint density at radius 3 is 2.60 bits per heavy atom. The van der Waals surface area contributed by atoms with Gasteiger partial charge in [0.05, 0.1) is 5.84 Å². The van der Waals surface area contributed by atoms with Gasteiger partial charge in [-0.3, -0.25) is 5.41 Å². The molecule has 0 amide bonds. The summed E-state index contributed by atoms with van der Waals surface area (Å²) in [6.07, 6.45) is 3.15. The number of nitrogens with one attached hydrogen (secondary N) is 1. The summed E-state index contributed by atoms with van der Waals surface area (Å²) in [4.78, 5) is 2.47. The molecule has 1 saturated heterocycles. The predicted molar refractivity (Wildman–Crippen MR) is 62.2 cm³/mol. The molecule has 1 unspecified atom stereocenters. The zero-order valence-corrected chi connectivity index (χ0v) is 9.83. The van der Waals surface area contributed by atoms with E-state index in [9.17, 15) is 0 Å². The number of likely N-dealkylation sites (tertiary alicyclic amines) is 1. The molecule has 0 bridgehead atoms. The van der Waals surface area contributed by atoms with Crippen LogP contribution in [0.1, 0.15) is 26.2 Å². The van der Waals surface area contributed by atoms with Crippen LogP contribution < -0.4 is 5.73 Å². The lowest BCUT2D eigenvalue weighted by molar-refractivity contribution is 0.116. The molecule has 0 aromatic heterocycles. The van der Waals surface area contributed by atoms with E-state index in [-0.39, 0.29) is 0 Å². The number of nitrogens with two attached hydrogens (primary N) is 1. The summed E-state index contributed by atoms with van der Waals surface area (Å²) in [6, 6.07) is 0.581. The van der Waals surface area contributed by atoms with E-state index in [1.165, 1.54) is 0 Å². The molecule has 0 spiro atoms. The van der Waals surface area contributed by atoms with Gasteiger partial charge in [0.1, 0.15) is 0 Å². The zero-order chi connectivity index (χ0) is 11.3. The molecule has 0 radical (unpaired) electrons. The van der Waals surface area contributed by atoms with Gasteiger partial charge in [-0.1, -0.05) is 0 Å². The van der Waals surface area contributed by atoms with Gasteiger partial charge >= 0.3 is 0 Å². The first-order chi connectivity index (χ1) is 7.15. The van der Waals surface area contributed by atoms with Gasteiger partial charge in [-0.05, 0) is 39.3 Å². The minimum atomic E-state index is 0.316. The van der Waals surface area contributed by atoms with E-state index < -0.39 is 0 Å². The monoisotopic (exact) mass is 213 g/mol. The maximum Gasteiger partial charge on any atom is 0.0937 e. The average Bonchev–Trinajstić information content (AvgIpc) is 2.26. The Hall–Kier alpha value is -0.610. The second-order valence-electron chi connectivity index (χ2n) is 4.40. The van der Waals surface area contributed by atoms with E-state index in [0.717, 1.165) is 39.0 Å². The van der Waals surface area contributed by atoms with E-state index >= 15 is 0 Å². The highest BCUT2D eigenvalue weighted by Crippen LogP contribution is 2.19. The first-order valence-corrected chi connectivity index (χ1v) is 5.72. The highest BCUT2D eigenvalue weighted by Gasteiger charge is 2.23. The quantitative estimate of drug-likeness (QED) is 0.530. The minimum Gasteiger partial charge on any atom is -0.387 e. The fraction of sp³-hybridized carbons (Fsp3) is 0.909. The van der Waals surface area contributed by atoms with E-state index in [4.69, 9.17) is 15.9 Å². The number of nitrogens with zero attached hydrogens (tertiary/aromatic N) is 1. The van der Waals surface area contributed by atoms with Crippen LogP contribution in [0.25, 0.3) is 0 Å². The molecular formula is C11H23N3O. The van der Waals surface area contributed by atoms with Crippen LogP contribution in [-0.2, 0) is 4.74 Å². The summed E-state index contributed by atoms with van der Waals surface area (Å²) in [7, 11) is 1.74. The standard InChI is InChI=1S/C11H23N3O/c1-9(5-8-15-2)14-6-3-10(4-7-14)11(12)13/h9-10H,3-8H2,1-2H3,(H3,12,13). The van der Waals surface area contributed by atoms with Crippen molar-refractivity contribution in [2.45, 2.75) is 32.2 Å². The normalized spacial score (nSPS) is 21.5. The first kappa shape index (κ1) is 12.5. The summed E-state index contributed by atoms with van der Waals surface area (Å²) in [5.41, 5.74) is 5.51. The molecule has 88 valence electrons. The minimum absolute atomic E-state index is 0.316. The molecule has 3 N–H and O–H groups in total. The van der Waals surface area contributed by atoms with Crippen molar-refractivity contribution < 1.29 is 4.74 Å². The van der Waals surface area contributed by atoms with Crippen molar-refractivity contribution >= 4 is 5.84 Å². The van der Waals surface area contributed by atoms with Crippen LogP contribution in [0.4, 0.5) is 0 Å². The summed E-state index contributed by atoms with van der Waals surface area (Å²) in [5, 5.41) is 7.41. The molecular weight excluding hydrogens is 190 g/mol. The van der Waals surface area contributed by atoms with E-state index in [1.54, 1.807) is 7.11 Å². The zero-order valence-electron chi connectivity index (χ0n) is 9.83. The van der Waals surface area contributed by atoms with Gasteiger partial charge in [0.25, 0.3) is 0 Å². The number of hydrogen-bond donors (Lipinski definition) is 2. The van der Waals surface area contributed by atoms with Crippen molar-refractivity contribution in [1.29, 1.82) is 5.41 Å². The molecule has 1 heterocycles. The second kappa shape index (κ2) is 6.08. The van der Waals surface area contributed by atoms with Gasteiger partial charge in [-0.2, -0.15) is 0 Å². The Bertz CT molecular complexity index is 200. The number of rotatable bonds is 5. The third-order valence-electron chi connectivity index (χ3n) is 3.33. The highest BCUT2D eigenvalue weighted by atomic mass is 16.5. The van der Waals surface area contributed by atoms with Crippen LogP contribution >= 0.6 is 0 Å². The molecule has 1 fully saturated rings. The molecule has 1 rings (SSSR count). The number of methoxy groups -OCH3 is 1. The van der Waals surface area contributed by atoms with Gasteiger partial charge in [-0.25, -0.2) is 0 Å². The summed E-state index contributed by atoms with van der Waals surface area (Å²) in [6.45, 7) is 5.20. The van der Waals surface area contributed by atoms with Gasteiger partial charge in [0.2, 0.25) is 0 Å². The Kier molecular flexibility index (Phi) is 5.05. The molecule has 0 saturated carbocycles. The average molecular weight is 213 g/mol. The molecule has 0 aromatic carbocycles. The molecule has 0 aliphatic carbocycles. The Morgan fingerprint density at radius 2 is 2.13 bits per heavy atom. The van der Waals surface area contributed by atoms with Gasteiger partial charge < -0.3 is 15.4 Å². The lowest BCUT2D eigenvalue weighted by atomic mass is 9.94. The number of hydrogen-bond acceptors (Lipinski definition) is 3. The van der Waals surface area contributed by atoms with Gasteiger partial charge in [0.15, 0.2) is 0 Å². The van der Waals surface area contributed by atoms with Crippen molar-refractivity contribution in [2.75, 3.05) is 26.8 Å². The lowest BCUT2D eigenvalue weighted by Crippen LogP contribution is -2.43. The van der Waals surface area contributed by atoms with Gasteiger partial charge in [-0.15, -0.1) is 0 Å². The van der Waals surface area contributed by atoms with Crippen LogP contribution in [0.3, 0.4) is 0 Å². The molecule has 1 aliphatic rings. The third-order valence-corrected chi connectivity index (χ3v) is 3.33. The number of amidine groups is 1. The third kappa shape index (κ3) is 3.80. The molecule has 4 nitrogen and oxygen atoms in total. The van der Waals surface area contributed by atoms with E-state index in [2.05, 4.69) is 11.8 Å². The fourth-order valence-corrected chi connectivity index (χ4v) is 2.12. The maximum atomic E-state index is 7.41. The SMILES string of the molecule is COCCC(C)N1CCC(C(=N)N)CC1. The van der Waals surface area contributed by atoms with Crippen molar-refractivity contribution in [3.63, 3.8) is 0 Å². The molecule has 1 aliphatic heterocycles. The highest BCUT2D eigenvalue weighted by molar-refractivity contribution is 5.79.